The first-order chi connectivity index (χ1) is 10.2. The minimum atomic E-state index is 0. The zero-order valence-electron chi connectivity index (χ0n) is 12.8. The van der Waals surface area contributed by atoms with Crippen LogP contribution in [-0.2, 0) is 0 Å². The number of hydrogen-bond acceptors (Lipinski definition) is 6. The highest BCUT2D eigenvalue weighted by atomic mass is 35.5. The average Bonchev–Trinajstić information content (AvgIpc) is 3.00. The summed E-state index contributed by atoms with van der Waals surface area (Å²) in [5.41, 5.74) is 0. The molecule has 3 heterocycles. The van der Waals surface area contributed by atoms with Crippen molar-refractivity contribution in [2.45, 2.75) is 25.9 Å². The molecular weight excluding hydrogens is 357 g/mol. The molecule has 0 bridgehead atoms. The lowest BCUT2D eigenvalue weighted by Gasteiger charge is -2.38. The Kier molecular flexibility index (Phi) is 7.34. The fourth-order valence-corrected chi connectivity index (χ4v) is 3.19. The molecule has 1 saturated heterocycles. The van der Waals surface area contributed by atoms with Crippen LogP contribution in [0.25, 0.3) is 10.8 Å². The lowest BCUT2D eigenvalue weighted by molar-refractivity contribution is 0.0607. The van der Waals surface area contributed by atoms with Crippen LogP contribution in [-0.4, -0.2) is 50.9 Å². The Balaban J connectivity index is 0.00000132. The summed E-state index contributed by atoms with van der Waals surface area (Å²) < 4.78 is 0. The maximum absolute atomic E-state index is 12.6. The van der Waals surface area contributed by atoms with E-state index in [0.29, 0.717) is 21.8 Å². The second-order valence-corrected chi connectivity index (χ2v) is 6.11. The van der Waals surface area contributed by atoms with E-state index >= 15 is 0 Å². The number of carbonyl (C=O) groups is 1. The van der Waals surface area contributed by atoms with Crippen molar-refractivity contribution >= 4 is 42.1 Å². The van der Waals surface area contributed by atoms with E-state index in [-0.39, 0.29) is 36.8 Å². The van der Waals surface area contributed by atoms with Crippen LogP contribution in [0.4, 0.5) is 0 Å². The van der Waals surface area contributed by atoms with Crippen molar-refractivity contribution in [3.05, 3.63) is 29.5 Å². The average molecular weight is 376 g/mol. The van der Waals surface area contributed by atoms with E-state index in [4.69, 9.17) is 0 Å². The summed E-state index contributed by atoms with van der Waals surface area (Å²) in [6, 6.07) is 2.23. The van der Waals surface area contributed by atoms with Gasteiger partial charge in [0.2, 0.25) is 0 Å². The molecule has 1 fully saturated rings. The second kappa shape index (κ2) is 8.54. The van der Waals surface area contributed by atoms with E-state index in [1.54, 1.807) is 24.7 Å². The second-order valence-electron chi connectivity index (χ2n) is 5.08. The fraction of sp³-hybridized carbons (Fsp3) is 0.429. The van der Waals surface area contributed by atoms with E-state index in [1.165, 1.54) is 11.3 Å². The Labute approximate surface area is 151 Å². The van der Waals surface area contributed by atoms with E-state index in [0.717, 1.165) is 13.1 Å². The summed E-state index contributed by atoms with van der Waals surface area (Å²) in [6.45, 7) is 5.71. The van der Waals surface area contributed by atoms with Gasteiger partial charge in [0.1, 0.15) is 4.88 Å². The van der Waals surface area contributed by atoms with Gasteiger partial charge in [-0.3, -0.25) is 4.79 Å². The number of nitrogens with one attached hydrogen (secondary N) is 1. The lowest BCUT2D eigenvalue weighted by atomic mass is 10.1. The van der Waals surface area contributed by atoms with Gasteiger partial charge in [-0.05, 0) is 19.9 Å². The third-order valence-electron chi connectivity index (χ3n) is 3.77. The van der Waals surface area contributed by atoms with Crippen molar-refractivity contribution in [1.82, 2.24) is 25.2 Å². The number of rotatable bonds is 2. The quantitative estimate of drug-likeness (QED) is 0.871. The van der Waals surface area contributed by atoms with Crippen molar-refractivity contribution in [1.29, 1.82) is 0 Å². The molecule has 2 unspecified atom stereocenters. The minimum absolute atomic E-state index is 0. The molecule has 1 N–H and O–H groups in total. The standard InChI is InChI=1S/C14H17N5OS.2ClH/c1-9-10(2)19(7-6-15-9)14(20)11-8-18-13(21-11)12-16-4-3-5-17-12;;/h3-5,8-10,15H,6-7H2,1-2H3;2*1H. The first-order valence-electron chi connectivity index (χ1n) is 6.94. The SMILES string of the molecule is CC1NCCN(C(=O)c2cnc(-c3ncccn3)s2)C1C.Cl.Cl. The number of nitrogens with zero attached hydrogens (tertiary/aromatic N) is 4. The number of thiazole rings is 1. The van der Waals surface area contributed by atoms with Gasteiger partial charge in [-0.2, -0.15) is 0 Å². The molecule has 9 heteroatoms. The third kappa shape index (κ3) is 4.17. The Morgan fingerprint density at radius 3 is 2.65 bits per heavy atom. The normalized spacial score (nSPS) is 20.3. The predicted octanol–water partition coefficient (Wildman–Crippen LogP) is 2.27. The Morgan fingerprint density at radius 1 is 1.26 bits per heavy atom. The van der Waals surface area contributed by atoms with Crippen LogP contribution in [0.15, 0.2) is 24.7 Å². The van der Waals surface area contributed by atoms with Crippen molar-refractivity contribution in [3.8, 4) is 10.8 Å². The Morgan fingerprint density at radius 2 is 1.96 bits per heavy atom. The Bertz CT molecular complexity index is 639. The van der Waals surface area contributed by atoms with Crippen LogP contribution in [0.2, 0.25) is 0 Å². The van der Waals surface area contributed by atoms with Crippen LogP contribution in [0.1, 0.15) is 23.5 Å². The van der Waals surface area contributed by atoms with Crippen LogP contribution in [0, 0.1) is 0 Å². The summed E-state index contributed by atoms with van der Waals surface area (Å²) in [5.74, 6) is 0.596. The largest absolute Gasteiger partial charge is 0.332 e. The van der Waals surface area contributed by atoms with Gasteiger partial charge in [-0.15, -0.1) is 36.2 Å². The minimum Gasteiger partial charge on any atom is -0.332 e. The van der Waals surface area contributed by atoms with Gasteiger partial charge in [0.25, 0.3) is 5.91 Å². The first-order valence-corrected chi connectivity index (χ1v) is 7.76. The number of hydrogen-bond donors (Lipinski definition) is 1. The molecule has 2 aromatic rings. The van der Waals surface area contributed by atoms with Gasteiger partial charge in [0.15, 0.2) is 10.8 Å². The Hall–Kier alpha value is -1.28. The van der Waals surface area contributed by atoms with Gasteiger partial charge in [0, 0.05) is 37.6 Å². The predicted molar refractivity (Wildman–Crippen MR) is 95.6 cm³/mol. The third-order valence-corrected chi connectivity index (χ3v) is 4.75. The molecular formula is C14H19Cl2N5OS. The molecule has 6 nitrogen and oxygen atoms in total. The first kappa shape index (κ1) is 19.8. The summed E-state index contributed by atoms with van der Waals surface area (Å²) >= 11 is 1.34. The van der Waals surface area contributed by atoms with Crippen LogP contribution < -0.4 is 5.32 Å². The molecule has 0 aliphatic carbocycles. The molecule has 126 valence electrons. The summed E-state index contributed by atoms with van der Waals surface area (Å²) in [6.07, 6.45) is 4.97. The molecule has 1 amide bonds. The molecule has 2 atom stereocenters. The molecule has 3 rings (SSSR count). The number of amides is 1. The number of halogens is 2. The van der Waals surface area contributed by atoms with Gasteiger partial charge in [-0.1, -0.05) is 0 Å². The van der Waals surface area contributed by atoms with Crippen LogP contribution in [0.3, 0.4) is 0 Å². The highest BCUT2D eigenvalue weighted by Crippen LogP contribution is 2.24. The van der Waals surface area contributed by atoms with Gasteiger partial charge < -0.3 is 10.2 Å². The zero-order valence-corrected chi connectivity index (χ0v) is 15.2. The van der Waals surface area contributed by atoms with Gasteiger partial charge in [0.05, 0.1) is 6.20 Å². The highest BCUT2D eigenvalue weighted by Gasteiger charge is 2.29. The van der Waals surface area contributed by atoms with E-state index < -0.39 is 0 Å². The fourth-order valence-electron chi connectivity index (χ4n) is 2.37. The van der Waals surface area contributed by atoms with Gasteiger partial charge in [-0.25, -0.2) is 15.0 Å². The smallest absolute Gasteiger partial charge is 0.265 e. The van der Waals surface area contributed by atoms with Crippen LogP contribution in [0.5, 0.6) is 0 Å². The molecule has 23 heavy (non-hydrogen) atoms. The zero-order chi connectivity index (χ0) is 14.8. The van der Waals surface area contributed by atoms with Crippen LogP contribution >= 0.6 is 36.2 Å². The molecule has 0 spiro atoms. The molecule has 1 aliphatic heterocycles. The maximum atomic E-state index is 12.6. The van der Waals surface area contributed by atoms with E-state index in [9.17, 15) is 4.79 Å². The summed E-state index contributed by atoms with van der Waals surface area (Å²) in [4.78, 5) is 27.8. The van der Waals surface area contributed by atoms with Gasteiger partial charge >= 0.3 is 0 Å². The van der Waals surface area contributed by atoms with Crippen molar-refractivity contribution in [2.24, 2.45) is 0 Å². The molecule has 1 aliphatic rings. The summed E-state index contributed by atoms with van der Waals surface area (Å²) in [7, 11) is 0. The number of carbonyl (C=O) groups excluding carboxylic acids is 1. The monoisotopic (exact) mass is 375 g/mol. The highest BCUT2D eigenvalue weighted by molar-refractivity contribution is 7.16. The molecule has 0 radical (unpaired) electrons. The molecule has 0 aromatic carbocycles. The maximum Gasteiger partial charge on any atom is 0.265 e. The number of aromatic nitrogens is 3. The topological polar surface area (TPSA) is 71.0 Å². The number of piperazine rings is 1. The van der Waals surface area contributed by atoms with Crippen molar-refractivity contribution < 1.29 is 4.79 Å². The molecule has 2 aromatic heterocycles. The lowest BCUT2D eigenvalue weighted by Crippen LogP contribution is -2.57. The summed E-state index contributed by atoms with van der Waals surface area (Å²) in [5, 5.41) is 4.05. The van der Waals surface area contributed by atoms with Crippen molar-refractivity contribution in [3.63, 3.8) is 0 Å². The van der Waals surface area contributed by atoms with E-state index in [2.05, 4.69) is 34.1 Å². The van der Waals surface area contributed by atoms with Crippen molar-refractivity contribution in [2.75, 3.05) is 13.1 Å². The molecule has 0 saturated carbocycles. The van der Waals surface area contributed by atoms with E-state index in [1.807, 2.05) is 4.90 Å².